The summed E-state index contributed by atoms with van der Waals surface area (Å²) < 4.78 is 0. The molecule has 4 heteroatoms. The fraction of sp³-hybridized carbons (Fsp3) is 0.800. The second kappa shape index (κ2) is 3.67. The lowest BCUT2D eigenvalue weighted by Gasteiger charge is -2.16. The van der Waals surface area contributed by atoms with E-state index < -0.39 is 0 Å². The first-order valence-electron chi connectivity index (χ1n) is 2.83. The molecule has 50 valence electrons. The zero-order valence-electron chi connectivity index (χ0n) is 4.96. The second-order valence-electron chi connectivity index (χ2n) is 1.75. The summed E-state index contributed by atoms with van der Waals surface area (Å²) in [5.74, 6) is 1.04. The van der Waals surface area contributed by atoms with Gasteiger partial charge in [-0.15, -0.1) is 11.8 Å². The molecule has 9 heavy (non-hydrogen) atoms. The largest absolute Gasteiger partial charge is 0.313 e. The normalized spacial score (nSPS) is 26.9. The van der Waals surface area contributed by atoms with Gasteiger partial charge in [0, 0.05) is 18.8 Å². The van der Waals surface area contributed by atoms with Crippen LogP contribution in [0.4, 0.5) is 0 Å². The Hall–Kier alpha value is -0.310. The highest BCUT2D eigenvalue weighted by molar-refractivity contribution is 8.00. The number of rotatable bonds is 1. The van der Waals surface area contributed by atoms with Gasteiger partial charge in [-0.2, -0.15) is 4.99 Å². The molecule has 3 nitrogen and oxygen atoms in total. The van der Waals surface area contributed by atoms with Crippen molar-refractivity contribution >= 4 is 17.8 Å². The van der Waals surface area contributed by atoms with Crippen LogP contribution in [0, 0.1) is 0 Å². The third kappa shape index (κ3) is 2.18. The monoisotopic (exact) mass is 144 g/mol. The van der Waals surface area contributed by atoms with Crippen molar-refractivity contribution in [2.45, 2.75) is 5.37 Å². The summed E-state index contributed by atoms with van der Waals surface area (Å²) in [4.78, 5) is 13.3. The van der Waals surface area contributed by atoms with Crippen LogP contribution in [-0.2, 0) is 4.79 Å². The van der Waals surface area contributed by atoms with E-state index >= 15 is 0 Å². The molecule has 0 spiro atoms. The van der Waals surface area contributed by atoms with E-state index in [1.54, 1.807) is 17.8 Å². The first-order chi connectivity index (χ1) is 4.43. The minimum Gasteiger partial charge on any atom is -0.313 e. The Kier molecular flexibility index (Phi) is 2.77. The first-order valence-corrected chi connectivity index (χ1v) is 3.87. The van der Waals surface area contributed by atoms with E-state index in [0.717, 1.165) is 18.8 Å². The second-order valence-corrected chi connectivity index (χ2v) is 3.04. The molecule has 1 fully saturated rings. The number of thioether (sulfide) groups is 1. The van der Waals surface area contributed by atoms with Crippen molar-refractivity contribution in [2.75, 3.05) is 18.8 Å². The van der Waals surface area contributed by atoms with Crippen LogP contribution in [0.15, 0.2) is 4.99 Å². The number of aliphatic imine (C=N–C) groups is 1. The summed E-state index contributed by atoms with van der Waals surface area (Å²) in [6.45, 7) is 1.83. The first kappa shape index (κ1) is 6.81. The van der Waals surface area contributed by atoms with E-state index in [0.29, 0.717) is 0 Å². The van der Waals surface area contributed by atoms with Gasteiger partial charge in [-0.25, -0.2) is 4.79 Å². The highest BCUT2D eigenvalue weighted by atomic mass is 32.2. The molecule has 1 unspecified atom stereocenters. The van der Waals surface area contributed by atoms with E-state index in [2.05, 4.69) is 10.3 Å². The molecule has 1 N–H and O–H groups in total. The number of isocyanates is 1. The number of carbonyl (C=O) groups excluding carboxylic acids is 1. The molecule has 0 aromatic rings. The summed E-state index contributed by atoms with van der Waals surface area (Å²) in [6, 6.07) is 0. The van der Waals surface area contributed by atoms with Crippen LogP contribution in [-0.4, -0.2) is 30.3 Å². The Morgan fingerprint density at radius 3 is 3.22 bits per heavy atom. The maximum Gasteiger partial charge on any atom is 0.236 e. The lowest BCUT2D eigenvalue weighted by molar-refractivity contribution is 0.560. The van der Waals surface area contributed by atoms with Gasteiger partial charge in [0.15, 0.2) is 0 Å². The van der Waals surface area contributed by atoms with Crippen molar-refractivity contribution in [3.63, 3.8) is 0 Å². The predicted octanol–water partition coefficient (Wildman–Crippen LogP) is -0.0153. The topological polar surface area (TPSA) is 41.5 Å². The number of hydrogen-bond donors (Lipinski definition) is 1. The number of nitrogens with one attached hydrogen (secondary N) is 1. The molecule has 0 aromatic heterocycles. The molecule has 0 amide bonds. The molecule has 0 saturated carbocycles. The Morgan fingerprint density at radius 1 is 1.78 bits per heavy atom. The molecule has 1 aliphatic rings. The molecular formula is C5H8N2OS. The van der Waals surface area contributed by atoms with Gasteiger partial charge in [0.25, 0.3) is 0 Å². The smallest absolute Gasteiger partial charge is 0.236 e. The van der Waals surface area contributed by atoms with Gasteiger partial charge in [0.1, 0.15) is 5.37 Å². The maximum absolute atomic E-state index is 9.74. The lowest BCUT2D eigenvalue weighted by Crippen LogP contribution is -2.31. The van der Waals surface area contributed by atoms with E-state index in [-0.39, 0.29) is 5.37 Å². The molecule has 1 rings (SSSR count). The standard InChI is InChI=1S/C5H8N2OS/c8-4-7-5-3-6-1-2-9-5/h5-6H,1-3H2. The third-order valence-electron chi connectivity index (χ3n) is 1.10. The van der Waals surface area contributed by atoms with Crippen LogP contribution in [0.2, 0.25) is 0 Å². The fourth-order valence-corrected chi connectivity index (χ4v) is 1.58. The van der Waals surface area contributed by atoms with Gasteiger partial charge >= 0.3 is 0 Å². The van der Waals surface area contributed by atoms with Crippen molar-refractivity contribution in [3.8, 4) is 0 Å². The molecule has 0 bridgehead atoms. The molecule has 1 saturated heterocycles. The van der Waals surface area contributed by atoms with Crippen molar-refractivity contribution in [1.29, 1.82) is 0 Å². The Morgan fingerprint density at radius 2 is 2.67 bits per heavy atom. The van der Waals surface area contributed by atoms with E-state index in [4.69, 9.17) is 0 Å². The van der Waals surface area contributed by atoms with E-state index in [9.17, 15) is 4.79 Å². The molecule has 0 aliphatic carbocycles. The highest BCUT2D eigenvalue weighted by Gasteiger charge is 2.10. The quantitative estimate of drug-likeness (QED) is 0.415. The number of nitrogens with zero attached hydrogens (tertiary/aromatic N) is 1. The number of hydrogen-bond acceptors (Lipinski definition) is 4. The van der Waals surface area contributed by atoms with Gasteiger partial charge < -0.3 is 5.32 Å². The zero-order chi connectivity index (χ0) is 6.53. The predicted molar refractivity (Wildman–Crippen MR) is 37.2 cm³/mol. The Bertz CT molecular complexity index is 127. The summed E-state index contributed by atoms with van der Waals surface area (Å²) in [5, 5.41) is 3.23. The third-order valence-corrected chi connectivity index (χ3v) is 2.20. The van der Waals surface area contributed by atoms with Gasteiger partial charge in [0.05, 0.1) is 0 Å². The van der Waals surface area contributed by atoms with Gasteiger partial charge in [0.2, 0.25) is 6.08 Å². The van der Waals surface area contributed by atoms with Crippen LogP contribution in [0.5, 0.6) is 0 Å². The maximum atomic E-state index is 9.74. The summed E-state index contributed by atoms with van der Waals surface area (Å²) in [7, 11) is 0. The molecule has 0 aromatic carbocycles. The van der Waals surface area contributed by atoms with Crippen molar-refractivity contribution in [1.82, 2.24) is 5.32 Å². The molecule has 1 aliphatic heterocycles. The van der Waals surface area contributed by atoms with E-state index in [1.165, 1.54) is 0 Å². The van der Waals surface area contributed by atoms with Crippen molar-refractivity contribution in [2.24, 2.45) is 4.99 Å². The average molecular weight is 144 g/mol. The van der Waals surface area contributed by atoms with Gasteiger partial charge in [-0.1, -0.05) is 0 Å². The highest BCUT2D eigenvalue weighted by Crippen LogP contribution is 2.12. The minimum atomic E-state index is 0.108. The van der Waals surface area contributed by atoms with Gasteiger partial charge in [-0.05, 0) is 0 Å². The SMILES string of the molecule is O=C=NC1CNCCS1. The van der Waals surface area contributed by atoms with Gasteiger partial charge in [-0.3, -0.25) is 0 Å². The Balaban J connectivity index is 2.31. The Labute approximate surface area is 57.9 Å². The summed E-state index contributed by atoms with van der Waals surface area (Å²) in [5.41, 5.74) is 0. The summed E-state index contributed by atoms with van der Waals surface area (Å²) >= 11 is 1.70. The molecular weight excluding hydrogens is 136 g/mol. The average Bonchev–Trinajstić information content (AvgIpc) is 1.91. The van der Waals surface area contributed by atoms with E-state index in [1.807, 2.05) is 0 Å². The van der Waals surface area contributed by atoms with Crippen molar-refractivity contribution < 1.29 is 4.79 Å². The molecule has 1 atom stereocenters. The molecule has 0 radical (unpaired) electrons. The van der Waals surface area contributed by atoms with Crippen LogP contribution >= 0.6 is 11.8 Å². The van der Waals surface area contributed by atoms with Crippen LogP contribution in [0.25, 0.3) is 0 Å². The zero-order valence-corrected chi connectivity index (χ0v) is 5.78. The summed E-state index contributed by atoms with van der Waals surface area (Å²) in [6.07, 6.45) is 1.55. The molecule has 1 heterocycles. The lowest BCUT2D eigenvalue weighted by atomic mass is 10.6. The van der Waals surface area contributed by atoms with Crippen LogP contribution in [0.1, 0.15) is 0 Å². The van der Waals surface area contributed by atoms with Crippen molar-refractivity contribution in [3.05, 3.63) is 0 Å². The van der Waals surface area contributed by atoms with Crippen LogP contribution < -0.4 is 5.32 Å². The minimum absolute atomic E-state index is 0.108. The van der Waals surface area contributed by atoms with Crippen LogP contribution in [0.3, 0.4) is 0 Å². The fourth-order valence-electron chi connectivity index (χ4n) is 0.693.